The minimum Gasteiger partial charge on any atom is -0.465 e. The summed E-state index contributed by atoms with van der Waals surface area (Å²) in [6.45, 7) is 8.87. The summed E-state index contributed by atoms with van der Waals surface area (Å²) in [5.74, 6) is -0.0490. The van der Waals surface area contributed by atoms with Crippen molar-refractivity contribution in [2.45, 2.75) is 63.6 Å². The van der Waals surface area contributed by atoms with Crippen molar-refractivity contribution in [2.24, 2.45) is 20.5 Å². The highest BCUT2D eigenvalue weighted by Gasteiger charge is 2.14. The van der Waals surface area contributed by atoms with Crippen LogP contribution < -0.4 is 15.8 Å². The number of rotatable bonds is 16. The van der Waals surface area contributed by atoms with Crippen LogP contribution in [0.1, 0.15) is 56.6 Å². The molecule has 2 N–H and O–H groups in total. The van der Waals surface area contributed by atoms with Crippen LogP contribution in [-0.4, -0.2) is 41.6 Å². The van der Waals surface area contributed by atoms with Crippen LogP contribution in [-0.2, 0) is 9.53 Å². The van der Waals surface area contributed by atoms with Gasteiger partial charge in [0.25, 0.3) is 5.13 Å². The summed E-state index contributed by atoms with van der Waals surface area (Å²) in [6.07, 6.45) is 6.83. The zero-order chi connectivity index (χ0) is 32.1. The molecule has 2 aromatic carbocycles. The molecule has 0 amide bonds. The fourth-order valence-corrected chi connectivity index (χ4v) is 7.05. The predicted octanol–water partition coefficient (Wildman–Crippen LogP) is 10.3. The summed E-state index contributed by atoms with van der Waals surface area (Å²) in [7, 11) is 0. The summed E-state index contributed by atoms with van der Waals surface area (Å²) < 4.78 is 5.92. The van der Waals surface area contributed by atoms with Crippen molar-refractivity contribution in [3.63, 3.8) is 0 Å². The molecule has 1 fully saturated rings. The molecule has 242 valence electrons. The third-order valence-corrected chi connectivity index (χ3v) is 10.2. The van der Waals surface area contributed by atoms with Gasteiger partial charge in [-0.1, -0.05) is 60.6 Å². The number of ether oxygens (including phenoxy) is 1. The lowest BCUT2D eigenvalue weighted by Gasteiger charge is -2.14. The van der Waals surface area contributed by atoms with Crippen LogP contribution in [0, 0.1) is 13.8 Å². The Morgan fingerprint density at radius 3 is 2.46 bits per heavy atom. The maximum absolute atomic E-state index is 11.9. The summed E-state index contributed by atoms with van der Waals surface area (Å²) >= 11 is 4.34. The van der Waals surface area contributed by atoms with Gasteiger partial charge in [-0.3, -0.25) is 10.2 Å². The van der Waals surface area contributed by atoms with Gasteiger partial charge < -0.3 is 15.1 Å². The van der Waals surface area contributed by atoms with Crippen LogP contribution in [0.5, 0.6) is 0 Å². The molecule has 11 nitrogen and oxygen atoms in total. The predicted molar refractivity (Wildman–Crippen MR) is 189 cm³/mol. The van der Waals surface area contributed by atoms with Gasteiger partial charge in [-0.15, -0.1) is 20.4 Å². The van der Waals surface area contributed by atoms with Crippen LogP contribution in [0.2, 0.25) is 0 Å². The molecule has 1 aliphatic heterocycles. The van der Waals surface area contributed by atoms with Gasteiger partial charge in [0.2, 0.25) is 0 Å². The van der Waals surface area contributed by atoms with E-state index in [0.717, 1.165) is 72.0 Å². The number of hydrogen-bond donors (Lipinski definition) is 2. The molecule has 4 aromatic rings. The van der Waals surface area contributed by atoms with E-state index in [-0.39, 0.29) is 11.7 Å². The fourth-order valence-electron chi connectivity index (χ4n) is 4.68. The Hall–Kier alpha value is -3.88. The first-order valence-corrected chi connectivity index (χ1v) is 18.1. The molecule has 0 saturated carbocycles. The van der Waals surface area contributed by atoms with E-state index in [0.29, 0.717) is 21.8 Å². The SMILES string of the molecule is CCCCCCOC(=O)CSc1nnc(N=Nc2ccc(N=Nc3ccc(NNc4ccc(N5CCCC5)s4)cc3C)cc2C)s1. The van der Waals surface area contributed by atoms with Gasteiger partial charge >= 0.3 is 5.97 Å². The highest BCUT2D eigenvalue weighted by atomic mass is 32.2. The molecule has 46 heavy (non-hydrogen) atoms. The number of azo groups is 2. The van der Waals surface area contributed by atoms with Crippen molar-refractivity contribution < 1.29 is 9.53 Å². The Morgan fingerprint density at radius 1 is 0.891 bits per heavy atom. The van der Waals surface area contributed by atoms with Gasteiger partial charge in [-0.25, -0.2) is 0 Å². The normalized spacial score (nSPS) is 13.2. The van der Waals surface area contributed by atoms with Gasteiger partial charge in [-0.2, -0.15) is 10.2 Å². The smallest absolute Gasteiger partial charge is 0.316 e. The first kappa shape index (κ1) is 33.5. The number of unbranched alkanes of at least 4 members (excludes halogenated alkanes) is 3. The van der Waals surface area contributed by atoms with Gasteiger partial charge in [0, 0.05) is 13.1 Å². The number of hydrogen-bond acceptors (Lipinski definition) is 14. The second-order valence-electron chi connectivity index (χ2n) is 10.9. The number of hydrazine groups is 1. The van der Waals surface area contributed by atoms with E-state index < -0.39 is 0 Å². The number of thioether (sulfide) groups is 1. The zero-order valence-corrected chi connectivity index (χ0v) is 28.8. The topological polar surface area (TPSA) is 129 Å². The maximum atomic E-state index is 11.9. The van der Waals surface area contributed by atoms with E-state index in [4.69, 9.17) is 4.74 Å². The Morgan fingerprint density at radius 2 is 1.67 bits per heavy atom. The number of nitrogens with zero attached hydrogens (tertiary/aromatic N) is 7. The van der Waals surface area contributed by atoms with E-state index in [1.54, 1.807) is 11.3 Å². The number of nitrogens with one attached hydrogen (secondary N) is 2. The molecule has 1 saturated heterocycles. The van der Waals surface area contributed by atoms with Crippen molar-refractivity contribution in [1.29, 1.82) is 0 Å². The largest absolute Gasteiger partial charge is 0.465 e. The number of esters is 1. The van der Waals surface area contributed by atoms with Crippen LogP contribution in [0.4, 0.5) is 37.9 Å². The van der Waals surface area contributed by atoms with Gasteiger partial charge in [0.05, 0.1) is 40.1 Å². The van der Waals surface area contributed by atoms with Crippen molar-refractivity contribution in [2.75, 3.05) is 41.2 Å². The lowest BCUT2D eigenvalue weighted by atomic mass is 10.2. The van der Waals surface area contributed by atoms with E-state index in [9.17, 15) is 4.79 Å². The Balaban J connectivity index is 1.08. The number of thiophene rings is 1. The highest BCUT2D eigenvalue weighted by Crippen LogP contribution is 2.33. The number of anilines is 3. The van der Waals surface area contributed by atoms with Crippen molar-refractivity contribution in [1.82, 2.24) is 10.2 Å². The Labute approximate surface area is 282 Å². The van der Waals surface area contributed by atoms with Gasteiger partial charge in [0.1, 0.15) is 5.00 Å². The Kier molecular flexibility index (Phi) is 12.5. The standard InChI is InChI=1S/C32H39N9O2S3/c1-4-5-6-9-18-43-30(42)21-44-32-40-39-31(46-32)38-36-27-13-10-24(19-23(27)3)33-35-26-12-11-25(20-22(26)2)34-37-28-14-15-29(45-28)41-16-7-8-17-41/h10-15,19-20,34,37H,4-9,16-18,21H2,1-3H3. The van der Waals surface area contributed by atoms with Gasteiger partial charge in [-0.05, 0) is 92.8 Å². The molecule has 3 heterocycles. The van der Waals surface area contributed by atoms with E-state index >= 15 is 0 Å². The average molecular weight is 678 g/mol. The molecule has 5 rings (SSSR count). The van der Waals surface area contributed by atoms with Crippen LogP contribution in [0.25, 0.3) is 0 Å². The molecule has 2 aromatic heterocycles. The van der Waals surface area contributed by atoms with E-state index in [2.05, 4.69) is 65.5 Å². The molecule has 0 radical (unpaired) electrons. The minimum absolute atomic E-state index is 0.196. The second-order valence-corrected chi connectivity index (χ2v) is 14.1. The fraction of sp³-hybridized carbons (Fsp3) is 0.406. The molecule has 1 aliphatic rings. The highest BCUT2D eigenvalue weighted by molar-refractivity contribution is 8.01. The minimum atomic E-state index is -0.245. The number of aryl methyl sites for hydroxylation is 2. The van der Waals surface area contributed by atoms with Crippen molar-refractivity contribution in [3.05, 3.63) is 59.7 Å². The monoisotopic (exact) mass is 677 g/mol. The molecule has 0 aliphatic carbocycles. The lowest BCUT2D eigenvalue weighted by Crippen LogP contribution is -2.15. The van der Waals surface area contributed by atoms with Crippen molar-refractivity contribution >= 4 is 78.3 Å². The first-order valence-electron chi connectivity index (χ1n) is 15.5. The van der Waals surface area contributed by atoms with Crippen molar-refractivity contribution in [3.8, 4) is 0 Å². The molecular weight excluding hydrogens is 639 g/mol. The average Bonchev–Trinajstić information content (AvgIpc) is 3.84. The Bertz CT molecular complexity index is 1650. The van der Waals surface area contributed by atoms with Crippen LogP contribution >= 0.6 is 34.4 Å². The summed E-state index contributed by atoms with van der Waals surface area (Å²) in [4.78, 5) is 14.4. The number of carbonyl (C=O) groups is 1. The number of carbonyl (C=O) groups excluding carboxylic acids is 1. The van der Waals surface area contributed by atoms with Gasteiger partial charge in [0.15, 0.2) is 4.34 Å². The second kappa shape index (κ2) is 17.2. The lowest BCUT2D eigenvalue weighted by molar-refractivity contribution is -0.140. The zero-order valence-electron chi connectivity index (χ0n) is 26.4. The third kappa shape index (κ3) is 10.1. The summed E-state index contributed by atoms with van der Waals surface area (Å²) in [5.41, 5.74) is 11.7. The number of benzene rings is 2. The van der Waals surface area contributed by atoms with Crippen LogP contribution in [0.3, 0.4) is 0 Å². The van der Waals surface area contributed by atoms with Crippen LogP contribution in [0.15, 0.2) is 73.3 Å². The molecule has 14 heteroatoms. The van der Waals surface area contributed by atoms with E-state index in [1.807, 2.05) is 50.2 Å². The number of aromatic nitrogens is 2. The third-order valence-electron chi connectivity index (χ3n) is 7.20. The first-order chi connectivity index (χ1) is 22.5. The van der Waals surface area contributed by atoms with E-state index in [1.165, 1.54) is 40.9 Å². The maximum Gasteiger partial charge on any atom is 0.316 e. The molecule has 0 spiro atoms. The molecule has 0 bridgehead atoms. The molecular formula is C32H39N9O2S3. The molecule has 0 unspecified atom stereocenters. The summed E-state index contributed by atoms with van der Waals surface area (Å²) in [6, 6.07) is 15.9. The molecule has 0 atom stereocenters. The quantitative estimate of drug-likeness (QED) is 0.0394. The summed E-state index contributed by atoms with van der Waals surface area (Å²) in [5, 5.41) is 28.5.